The molecule has 2 aromatic carbocycles. The van der Waals surface area contributed by atoms with Crippen LogP contribution in [0.15, 0.2) is 60.6 Å². The third kappa shape index (κ3) is 5.24. The number of carboxylic acid groups (broad SMARTS) is 1. The molecule has 0 unspecified atom stereocenters. The summed E-state index contributed by atoms with van der Waals surface area (Å²) in [7, 11) is 0. The number of aliphatic hydroxyl groups is 3. The Kier molecular flexibility index (Phi) is 7.36. The highest BCUT2D eigenvalue weighted by atomic mass is 35.5. The normalized spacial score (nSPS) is 26.0. The summed E-state index contributed by atoms with van der Waals surface area (Å²) in [5.74, 6) is 5.17. The third-order valence-corrected chi connectivity index (χ3v) is 7.53. The van der Waals surface area contributed by atoms with Crippen molar-refractivity contribution in [2.75, 3.05) is 6.54 Å². The lowest BCUT2D eigenvalue weighted by Gasteiger charge is -2.42. The number of aromatic nitrogens is 1. The van der Waals surface area contributed by atoms with Crippen LogP contribution in [0.5, 0.6) is 0 Å². The molecule has 2 fully saturated rings. The van der Waals surface area contributed by atoms with E-state index in [0.717, 1.165) is 27.7 Å². The van der Waals surface area contributed by atoms with Gasteiger partial charge in [-0.1, -0.05) is 41.9 Å². The summed E-state index contributed by atoms with van der Waals surface area (Å²) in [5, 5.41) is 43.4. The van der Waals surface area contributed by atoms with Gasteiger partial charge in [0.15, 0.2) is 6.23 Å². The number of ether oxygens (including phenoxy) is 1. The smallest absolute Gasteiger partial charge is 0.353 e. The number of hydrogen-bond donors (Lipinski definition) is 6. The zero-order valence-electron chi connectivity index (χ0n) is 20.5. The molecule has 5 rings (SSSR count). The van der Waals surface area contributed by atoms with Gasteiger partial charge < -0.3 is 40.5 Å². The molecule has 1 aliphatic carbocycles. The molecule has 1 saturated heterocycles. The number of carbonyl (C=O) groups is 1. The first-order valence-electron chi connectivity index (χ1n) is 12.4. The predicted molar refractivity (Wildman–Crippen MR) is 141 cm³/mol. The molecular formula is C27H31ClN4O6. The fourth-order valence-electron chi connectivity index (χ4n) is 5.04. The first kappa shape index (κ1) is 26.5. The molecule has 1 aromatic heterocycles. The number of halogens is 1. The van der Waals surface area contributed by atoms with E-state index in [-0.39, 0.29) is 6.54 Å². The van der Waals surface area contributed by atoms with Gasteiger partial charge >= 0.3 is 5.97 Å². The van der Waals surface area contributed by atoms with Gasteiger partial charge in [-0.25, -0.2) is 10.6 Å². The minimum atomic E-state index is -1.55. The maximum Gasteiger partial charge on any atom is 0.353 e. The van der Waals surface area contributed by atoms with E-state index in [0.29, 0.717) is 22.9 Å². The molecule has 0 radical (unpaired) electrons. The van der Waals surface area contributed by atoms with E-state index in [1.165, 1.54) is 18.4 Å². The lowest BCUT2D eigenvalue weighted by Crippen LogP contribution is -2.58. The Balaban J connectivity index is 1.45. The fraction of sp³-hybridized carbons (Fsp3) is 0.370. The number of hydrogen-bond acceptors (Lipinski definition) is 8. The second-order valence-electron chi connectivity index (χ2n) is 10.0. The molecule has 1 saturated carbocycles. The van der Waals surface area contributed by atoms with Gasteiger partial charge in [-0.2, -0.15) is 0 Å². The van der Waals surface area contributed by atoms with Gasteiger partial charge in [-0.3, -0.25) is 0 Å². The first-order chi connectivity index (χ1) is 18.1. The highest BCUT2D eigenvalue weighted by Crippen LogP contribution is 2.40. The van der Waals surface area contributed by atoms with Crippen LogP contribution in [0.3, 0.4) is 0 Å². The van der Waals surface area contributed by atoms with Crippen molar-refractivity contribution >= 4 is 28.5 Å². The number of hydrazine groups is 1. The average molecular weight is 543 g/mol. The molecule has 2 aliphatic rings. The van der Waals surface area contributed by atoms with Crippen LogP contribution in [0, 0.1) is 0 Å². The highest BCUT2D eigenvalue weighted by Gasteiger charge is 2.45. The van der Waals surface area contributed by atoms with Crippen molar-refractivity contribution in [2.24, 2.45) is 11.6 Å². The number of aliphatic carboxylic acids is 1. The van der Waals surface area contributed by atoms with E-state index in [9.17, 15) is 20.1 Å². The number of carboxylic acids is 1. The molecule has 0 amide bonds. The molecule has 8 N–H and O–H groups in total. The topological polar surface area (TPSA) is 167 Å². The van der Waals surface area contributed by atoms with Crippen LogP contribution < -0.4 is 11.6 Å². The second-order valence-corrected chi connectivity index (χ2v) is 10.4. The Bertz CT molecular complexity index is 1360. The molecule has 5 atom stereocenters. The Morgan fingerprint density at radius 3 is 2.47 bits per heavy atom. The lowest BCUT2D eigenvalue weighted by molar-refractivity contribution is -0.245. The maximum absolute atomic E-state index is 11.0. The molecule has 1 aliphatic heterocycles. The largest absolute Gasteiger partial charge is 0.477 e. The quantitative estimate of drug-likeness (QED) is 0.141. The SMILES string of the molecule is N/C(=C\N(N)C[C@H]1O[C@@H](n2cc(Cc3ccc(C4CC4)cc3)c3c(Cl)cccc32)[C@H](O)[C@@H](O)[C@@H]1O)C(=O)O. The van der Waals surface area contributed by atoms with Gasteiger partial charge in [0, 0.05) is 17.8 Å². The first-order valence-corrected chi connectivity index (χ1v) is 12.8. The molecule has 0 spiro atoms. The lowest BCUT2D eigenvalue weighted by atomic mass is 9.97. The van der Waals surface area contributed by atoms with E-state index in [1.807, 2.05) is 12.3 Å². The van der Waals surface area contributed by atoms with Crippen LogP contribution in [-0.2, 0) is 16.0 Å². The van der Waals surface area contributed by atoms with Gasteiger partial charge in [0.2, 0.25) is 0 Å². The third-order valence-electron chi connectivity index (χ3n) is 7.21. The van der Waals surface area contributed by atoms with Crippen molar-refractivity contribution in [1.29, 1.82) is 0 Å². The van der Waals surface area contributed by atoms with Gasteiger partial charge in [0.05, 0.1) is 17.1 Å². The van der Waals surface area contributed by atoms with Crippen molar-refractivity contribution in [3.8, 4) is 0 Å². The van der Waals surface area contributed by atoms with E-state index in [2.05, 4.69) is 24.3 Å². The van der Waals surface area contributed by atoms with Crippen LogP contribution in [-0.4, -0.2) is 66.9 Å². The van der Waals surface area contributed by atoms with Gasteiger partial charge in [0.1, 0.15) is 30.1 Å². The number of benzene rings is 2. The Morgan fingerprint density at radius 1 is 1.11 bits per heavy atom. The van der Waals surface area contributed by atoms with E-state index in [1.54, 1.807) is 16.7 Å². The summed E-state index contributed by atoms with van der Waals surface area (Å²) in [6, 6.07) is 14.0. The van der Waals surface area contributed by atoms with Gasteiger partial charge in [0.25, 0.3) is 0 Å². The van der Waals surface area contributed by atoms with Crippen molar-refractivity contribution in [2.45, 2.75) is 55.8 Å². The summed E-state index contributed by atoms with van der Waals surface area (Å²) in [5.41, 5.74) is 8.97. The standard InChI is InChI=1S/C27H31ClN4O6/c28-18-2-1-3-20-22(18)17(10-14-4-6-15(7-5-14)16-8-9-16)11-32(20)26-25(35)24(34)23(33)21(38-26)13-31(30)12-19(29)27(36)37/h1-7,11-12,16,21,23-26,33-35H,8-10,13,29-30H2,(H,36,37)/b19-12-/t21-,23-,24+,25-,26-/m1/s1. The number of nitrogens with zero attached hydrogens (tertiary/aromatic N) is 2. The summed E-state index contributed by atoms with van der Waals surface area (Å²) >= 11 is 6.62. The summed E-state index contributed by atoms with van der Waals surface area (Å²) in [6.07, 6.45) is -0.776. The van der Waals surface area contributed by atoms with Crippen LogP contribution >= 0.6 is 11.6 Å². The molecule has 10 nitrogen and oxygen atoms in total. The van der Waals surface area contributed by atoms with Crippen molar-refractivity contribution < 1.29 is 30.0 Å². The molecule has 0 bridgehead atoms. The van der Waals surface area contributed by atoms with Gasteiger partial charge in [-0.15, -0.1) is 0 Å². The Labute approximate surface area is 224 Å². The van der Waals surface area contributed by atoms with Crippen molar-refractivity contribution in [1.82, 2.24) is 9.58 Å². The Morgan fingerprint density at radius 2 is 1.82 bits per heavy atom. The van der Waals surface area contributed by atoms with E-state index >= 15 is 0 Å². The summed E-state index contributed by atoms with van der Waals surface area (Å²) in [6.45, 7) is -0.199. The zero-order chi connectivity index (χ0) is 27.1. The minimum Gasteiger partial charge on any atom is -0.477 e. The number of fused-ring (bicyclic) bond motifs is 1. The number of aliphatic hydroxyl groups excluding tert-OH is 3. The number of nitrogens with two attached hydrogens (primary N) is 2. The molecule has 3 aromatic rings. The van der Waals surface area contributed by atoms with Crippen LogP contribution in [0.4, 0.5) is 0 Å². The monoisotopic (exact) mass is 542 g/mol. The minimum absolute atomic E-state index is 0.199. The molecule has 11 heteroatoms. The average Bonchev–Trinajstić information content (AvgIpc) is 3.67. The molecule has 38 heavy (non-hydrogen) atoms. The molecule has 2 heterocycles. The van der Waals surface area contributed by atoms with E-state index in [4.69, 9.17) is 33.0 Å². The highest BCUT2D eigenvalue weighted by molar-refractivity contribution is 6.35. The summed E-state index contributed by atoms with van der Waals surface area (Å²) in [4.78, 5) is 11.0. The van der Waals surface area contributed by atoms with Gasteiger partial charge in [-0.05, 0) is 54.0 Å². The Hall–Kier alpha value is -3.12. The van der Waals surface area contributed by atoms with Crippen molar-refractivity contribution in [3.63, 3.8) is 0 Å². The van der Waals surface area contributed by atoms with Crippen LogP contribution in [0.25, 0.3) is 10.9 Å². The van der Waals surface area contributed by atoms with Crippen LogP contribution in [0.2, 0.25) is 5.02 Å². The maximum atomic E-state index is 11.0. The molecular weight excluding hydrogens is 512 g/mol. The summed E-state index contributed by atoms with van der Waals surface area (Å²) < 4.78 is 7.76. The number of rotatable bonds is 8. The van der Waals surface area contributed by atoms with Crippen LogP contribution in [0.1, 0.15) is 41.7 Å². The zero-order valence-corrected chi connectivity index (χ0v) is 21.3. The fourth-order valence-corrected chi connectivity index (χ4v) is 5.33. The predicted octanol–water partition coefficient (Wildman–Crippen LogP) is 1.80. The molecule has 202 valence electrons. The second kappa shape index (κ2) is 10.6. The van der Waals surface area contributed by atoms with Crippen molar-refractivity contribution in [3.05, 3.63) is 82.3 Å². The van der Waals surface area contributed by atoms with E-state index < -0.39 is 42.3 Å².